The van der Waals surface area contributed by atoms with Crippen LogP contribution in [-0.2, 0) is 16.0 Å². The molecule has 38 heavy (non-hydrogen) atoms. The molecular formula is C28H40Cl2N4O4. The first-order valence-corrected chi connectivity index (χ1v) is 13.4. The zero-order valence-corrected chi connectivity index (χ0v) is 23.6. The maximum absolute atomic E-state index is 12.4. The summed E-state index contributed by atoms with van der Waals surface area (Å²) in [7, 11) is 1.47. The molecule has 210 valence electrons. The van der Waals surface area contributed by atoms with Gasteiger partial charge in [-0.25, -0.2) is 4.79 Å². The first-order valence-electron chi connectivity index (χ1n) is 13.0. The lowest BCUT2D eigenvalue weighted by Gasteiger charge is -2.32. The number of rotatable bonds is 14. The van der Waals surface area contributed by atoms with Crippen LogP contribution in [-0.4, -0.2) is 69.3 Å². The van der Waals surface area contributed by atoms with E-state index in [4.69, 9.17) is 26.8 Å². The van der Waals surface area contributed by atoms with Gasteiger partial charge < -0.3 is 25.8 Å². The van der Waals surface area contributed by atoms with Crippen molar-refractivity contribution >= 4 is 41.6 Å². The molecule has 2 aromatic rings. The van der Waals surface area contributed by atoms with E-state index in [1.54, 1.807) is 0 Å². The van der Waals surface area contributed by atoms with Gasteiger partial charge in [0.05, 0.1) is 17.8 Å². The Morgan fingerprint density at radius 2 is 1.82 bits per heavy atom. The van der Waals surface area contributed by atoms with E-state index in [2.05, 4.69) is 39.8 Å². The summed E-state index contributed by atoms with van der Waals surface area (Å²) in [5, 5.41) is 6.88. The summed E-state index contributed by atoms with van der Waals surface area (Å²) in [6, 6.07) is 13.7. The van der Waals surface area contributed by atoms with Gasteiger partial charge in [0, 0.05) is 38.2 Å². The molecule has 0 aliphatic carbocycles. The molecule has 1 amide bonds. The van der Waals surface area contributed by atoms with Gasteiger partial charge in [-0.3, -0.25) is 9.69 Å². The van der Waals surface area contributed by atoms with Crippen molar-refractivity contribution in [1.29, 1.82) is 0 Å². The van der Waals surface area contributed by atoms with E-state index in [1.165, 1.54) is 24.8 Å². The van der Waals surface area contributed by atoms with Gasteiger partial charge in [-0.2, -0.15) is 0 Å². The molecule has 1 aliphatic heterocycles. The molecule has 3 rings (SSSR count). The van der Waals surface area contributed by atoms with Gasteiger partial charge >= 0.3 is 5.97 Å². The molecule has 0 radical (unpaired) electrons. The number of amides is 1. The number of halogens is 2. The lowest BCUT2D eigenvalue weighted by Crippen LogP contribution is -2.45. The molecule has 0 spiro atoms. The van der Waals surface area contributed by atoms with Crippen LogP contribution in [0, 0.1) is 0 Å². The highest BCUT2D eigenvalue weighted by atomic mass is 35.5. The van der Waals surface area contributed by atoms with E-state index in [1.807, 2.05) is 6.07 Å². The minimum atomic E-state index is -0.494. The minimum Gasteiger partial charge on any atom is -0.496 e. The Hall–Kier alpha value is -2.52. The number of nitrogens with two attached hydrogens (primary N) is 1. The van der Waals surface area contributed by atoms with Crippen molar-refractivity contribution < 1.29 is 19.1 Å². The van der Waals surface area contributed by atoms with Crippen molar-refractivity contribution in [3.63, 3.8) is 0 Å². The van der Waals surface area contributed by atoms with Crippen molar-refractivity contribution in [3.8, 4) is 5.75 Å². The van der Waals surface area contributed by atoms with E-state index in [9.17, 15) is 9.59 Å². The monoisotopic (exact) mass is 566 g/mol. The zero-order chi connectivity index (χ0) is 26.5. The zero-order valence-electron chi connectivity index (χ0n) is 22.0. The molecule has 1 aliphatic rings. The maximum atomic E-state index is 12.4. The number of anilines is 1. The summed E-state index contributed by atoms with van der Waals surface area (Å²) in [5.74, 6) is -0.0385. The number of nitrogen functional groups attached to an aromatic ring is 1. The topological polar surface area (TPSA) is 106 Å². The number of likely N-dealkylation sites (tertiary alicyclic amines) is 1. The van der Waals surface area contributed by atoms with Crippen LogP contribution in [0.15, 0.2) is 42.5 Å². The summed E-state index contributed by atoms with van der Waals surface area (Å²) in [6.07, 6.45) is 5.32. The third-order valence-corrected chi connectivity index (χ3v) is 6.88. The number of aryl methyl sites for hydroxylation is 1. The Bertz CT molecular complexity index is 1000. The molecular weight excluding hydrogens is 527 g/mol. The third-order valence-electron chi connectivity index (χ3n) is 6.55. The fourth-order valence-corrected chi connectivity index (χ4v) is 4.57. The first kappa shape index (κ1) is 31.7. The van der Waals surface area contributed by atoms with E-state index < -0.39 is 5.97 Å². The highest BCUT2D eigenvalue weighted by molar-refractivity contribution is 6.33. The van der Waals surface area contributed by atoms with Crippen molar-refractivity contribution in [2.75, 3.05) is 52.2 Å². The van der Waals surface area contributed by atoms with Gasteiger partial charge in [0.25, 0.3) is 0 Å². The molecule has 1 fully saturated rings. The van der Waals surface area contributed by atoms with Crippen molar-refractivity contribution in [1.82, 2.24) is 15.5 Å². The number of hydrogen-bond acceptors (Lipinski definition) is 7. The second-order valence-corrected chi connectivity index (χ2v) is 9.74. The molecule has 10 heteroatoms. The van der Waals surface area contributed by atoms with Crippen molar-refractivity contribution in [3.05, 3.63) is 58.6 Å². The summed E-state index contributed by atoms with van der Waals surface area (Å²) in [4.78, 5) is 27.0. The molecule has 4 N–H and O–H groups in total. The Kier molecular flexibility index (Phi) is 14.3. The number of nitrogens with zero attached hydrogens (tertiary/aromatic N) is 1. The quantitative estimate of drug-likeness (QED) is 0.179. The lowest BCUT2D eigenvalue weighted by molar-refractivity contribution is -0.122. The minimum absolute atomic E-state index is 0. The van der Waals surface area contributed by atoms with Crippen LogP contribution in [0.25, 0.3) is 0 Å². The molecule has 0 atom stereocenters. The smallest absolute Gasteiger partial charge is 0.342 e. The highest BCUT2D eigenvalue weighted by Crippen LogP contribution is 2.29. The second kappa shape index (κ2) is 17.1. The highest BCUT2D eigenvalue weighted by Gasteiger charge is 2.21. The molecule has 0 unspecified atom stereocenters. The Labute approximate surface area is 237 Å². The van der Waals surface area contributed by atoms with Crippen LogP contribution < -0.4 is 21.1 Å². The fourth-order valence-electron chi connectivity index (χ4n) is 4.40. The third kappa shape index (κ3) is 10.7. The number of piperidine rings is 1. The Balaban J connectivity index is 0.00000507. The fraction of sp³-hybridized carbons (Fsp3) is 0.500. The number of carbonyl (C=O) groups excluding carboxylic acids is 2. The largest absolute Gasteiger partial charge is 0.496 e. The molecule has 2 aromatic carbocycles. The van der Waals surface area contributed by atoms with Gasteiger partial charge in [0.2, 0.25) is 5.91 Å². The number of nitrogens with one attached hydrogen (secondary N) is 2. The number of methoxy groups -OCH3 is 1. The Morgan fingerprint density at radius 3 is 2.53 bits per heavy atom. The van der Waals surface area contributed by atoms with Gasteiger partial charge in [0.15, 0.2) is 0 Å². The number of hydrogen-bond donors (Lipinski definition) is 3. The van der Waals surface area contributed by atoms with E-state index in [0.29, 0.717) is 24.4 Å². The van der Waals surface area contributed by atoms with Gasteiger partial charge in [0.1, 0.15) is 17.9 Å². The molecule has 0 aromatic heterocycles. The van der Waals surface area contributed by atoms with Gasteiger partial charge in [-0.05, 0) is 56.8 Å². The lowest BCUT2D eigenvalue weighted by atomic mass is 10.0. The summed E-state index contributed by atoms with van der Waals surface area (Å²) in [6.45, 7) is 4.41. The molecule has 0 saturated carbocycles. The van der Waals surface area contributed by atoms with E-state index >= 15 is 0 Å². The summed E-state index contributed by atoms with van der Waals surface area (Å²) in [5.41, 5.74) is 7.73. The SMILES string of the molecule is COc1cc(N)c(Cl)cc1C(=O)OCCN1CCC(NC(=O)CCCNCCCc2ccccc2)CC1.Cl. The van der Waals surface area contributed by atoms with E-state index in [0.717, 1.165) is 58.3 Å². The standard InChI is InChI=1S/C28H39ClN4O4.ClH/c1-36-26-20-25(30)24(29)19-23(26)28(35)37-18-17-33-15-11-22(12-16-33)32-27(34)10-6-14-31-13-5-9-21-7-3-2-4-8-21;/h2-4,7-8,19-20,22,31H,5-6,9-18,30H2,1H3,(H,32,34);1H. The molecule has 0 bridgehead atoms. The van der Waals surface area contributed by atoms with Crippen molar-refractivity contribution in [2.24, 2.45) is 0 Å². The van der Waals surface area contributed by atoms with Gasteiger partial charge in [-0.1, -0.05) is 41.9 Å². The maximum Gasteiger partial charge on any atom is 0.342 e. The predicted molar refractivity (Wildman–Crippen MR) is 154 cm³/mol. The van der Waals surface area contributed by atoms with E-state index in [-0.39, 0.29) is 41.5 Å². The number of carbonyl (C=O) groups is 2. The van der Waals surface area contributed by atoms with Crippen molar-refractivity contribution in [2.45, 2.75) is 44.6 Å². The molecule has 8 nitrogen and oxygen atoms in total. The number of benzene rings is 2. The predicted octanol–water partition coefficient (Wildman–Crippen LogP) is 4.09. The average Bonchev–Trinajstić information content (AvgIpc) is 2.91. The number of ether oxygens (including phenoxy) is 2. The first-order chi connectivity index (χ1) is 18.0. The molecule has 1 saturated heterocycles. The van der Waals surface area contributed by atoms with Gasteiger partial charge in [-0.15, -0.1) is 12.4 Å². The van der Waals surface area contributed by atoms with Crippen LogP contribution in [0.3, 0.4) is 0 Å². The summed E-state index contributed by atoms with van der Waals surface area (Å²) >= 11 is 6.04. The van der Waals surface area contributed by atoms with Crippen LogP contribution in [0.2, 0.25) is 5.02 Å². The van der Waals surface area contributed by atoms with Crippen LogP contribution in [0.5, 0.6) is 5.75 Å². The van der Waals surface area contributed by atoms with Crippen LogP contribution >= 0.6 is 24.0 Å². The number of esters is 1. The summed E-state index contributed by atoms with van der Waals surface area (Å²) < 4.78 is 10.6. The Morgan fingerprint density at radius 1 is 1.11 bits per heavy atom. The normalized spacial score (nSPS) is 13.9. The average molecular weight is 568 g/mol. The molecule has 1 heterocycles. The second-order valence-electron chi connectivity index (χ2n) is 9.34. The van der Waals surface area contributed by atoms with Crippen LogP contribution in [0.1, 0.15) is 48.0 Å². The van der Waals surface area contributed by atoms with Crippen LogP contribution in [0.4, 0.5) is 5.69 Å².